The van der Waals surface area contributed by atoms with Crippen LogP contribution in [0.4, 0.5) is 10.1 Å². The molecule has 0 bridgehead atoms. The molecule has 4 aromatic rings. The number of hydrogen-bond donors (Lipinski definition) is 2. The molecule has 27 heavy (non-hydrogen) atoms. The molecule has 1 amide bonds. The second-order valence-corrected chi connectivity index (χ2v) is 6.18. The maximum atomic E-state index is 13.5. The van der Waals surface area contributed by atoms with Gasteiger partial charge >= 0.3 is 5.76 Å². The van der Waals surface area contributed by atoms with E-state index in [0.29, 0.717) is 28.0 Å². The summed E-state index contributed by atoms with van der Waals surface area (Å²) in [7, 11) is 1.72. The van der Waals surface area contributed by atoms with Crippen LogP contribution in [0.5, 0.6) is 0 Å². The summed E-state index contributed by atoms with van der Waals surface area (Å²) >= 11 is 0. The Labute approximate surface area is 152 Å². The highest BCUT2D eigenvalue weighted by Gasteiger charge is 2.15. The van der Waals surface area contributed by atoms with Gasteiger partial charge in [0, 0.05) is 18.3 Å². The molecule has 2 aromatic heterocycles. The second-order valence-electron chi connectivity index (χ2n) is 6.18. The lowest BCUT2D eigenvalue weighted by molar-refractivity contribution is 0.102. The average Bonchev–Trinajstić information content (AvgIpc) is 3.19. The highest BCUT2D eigenvalue weighted by Crippen LogP contribution is 2.23. The quantitative estimate of drug-likeness (QED) is 0.582. The maximum absolute atomic E-state index is 13.5. The van der Waals surface area contributed by atoms with Crippen molar-refractivity contribution in [1.29, 1.82) is 0 Å². The molecule has 136 valence electrons. The summed E-state index contributed by atoms with van der Waals surface area (Å²) in [6.07, 6.45) is 0. The van der Waals surface area contributed by atoms with Gasteiger partial charge in [-0.25, -0.2) is 9.18 Å². The van der Waals surface area contributed by atoms with E-state index in [4.69, 9.17) is 4.42 Å². The molecule has 0 unspecified atom stereocenters. The minimum Gasteiger partial charge on any atom is -0.408 e. The first-order chi connectivity index (χ1) is 12.9. The van der Waals surface area contributed by atoms with Gasteiger partial charge in [0.2, 0.25) is 0 Å². The molecule has 2 heterocycles. The lowest BCUT2D eigenvalue weighted by Crippen LogP contribution is -2.12. The summed E-state index contributed by atoms with van der Waals surface area (Å²) in [6, 6.07) is 11.2. The minimum absolute atomic E-state index is 0.218. The number of H-pyrrole nitrogens is 1. The van der Waals surface area contributed by atoms with Gasteiger partial charge in [0.05, 0.1) is 11.2 Å². The highest BCUT2D eigenvalue weighted by atomic mass is 19.1. The van der Waals surface area contributed by atoms with E-state index in [2.05, 4.69) is 15.4 Å². The summed E-state index contributed by atoms with van der Waals surface area (Å²) in [5.41, 5.74) is 3.58. The number of nitrogens with zero attached hydrogens (tertiary/aromatic N) is 2. The molecule has 0 atom stereocenters. The van der Waals surface area contributed by atoms with E-state index in [0.717, 1.165) is 5.56 Å². The Bertz CT molecular complexity index is 1240. The zero-order chi connectivity index (χ0) is 19.1. The Morgan fingerprint density at radius 3 is 2.81 bits per heavy atom. The van der Waals surface area contributed by atoms with E-state index >= 15 is 0 Å². The third-order valence-electron chi connectivity index (χ3n) is 4.24. The van der Waals surface area contributed by atoms with Crippen molar-refractivity contribution in [2.24, 2.45) is 7.05 Å². The number of amides is 1. The maximum Gasteiger partial charge on any atom is 0.417 e. The number of rotatable bonds is 3. The van der Waals surface area contributed by atoms with Crippen molar-refractivity contribution in [3.8, 4) is 11.3 Å². The molecule has 4 rings (SSSR count). The zero-order valence-electron chi connectivity index (χ0n) is 14.5. The number of anilines is 1. The molecule has 2 N–H and O–H groups in total. The van der Waals surface area contributed by atoms with Gasteiger partial charge in [-0.05, 0) is 55.0 Å². The van der Waals surface area contributed by atoms with Crippen LogP contribution in [0.1, 0.15) is 16.1 Å². The fraction of sp³-hybridized carbons (Fsp3) is 0.105. The number of nitrogens with one attached hydrogen (secondary N) is 2. The predicted molar refractivity (Wildman–Crippen MR) is 98.1 cm³/mol. The molecular formula is C19H15FN4O3. The van der Waals surface area contributed by atoms with Gasteiger partial charge in [0.15, 0.2) is 11.3 Å². The number of halogens is 1. The van der Waals surface area contributed by atoms with Crippen molar-refractivity contribution < 1.29 is 13.6 Å². The Balaban J connectivity index is 1.61. The smallest absolute Gasteiger partial charge is 0.408 e. The topological polar surface area (TPSA) is 92.9 Å². The van der Waals surface area contributed by atoms with Crippen LogP contribution >= 0.6 is 0 Å². The van der Waals surface area contributed by atoms with Crippen LogP contribution in [0.25, 0.3) is 22.4 Å². The number of aryl methyl sites for hydroxylation is 2. The fourth-order valence-corrected chi connectivity index (χ4v) is 2.88. The molecule has 0 saturated carbocycles. The third-order valence-corrected chi connectivity index (χ3v) is 4.24. The van der Waals surface area contributed by atoms with Gasteiger partial charge in [-0.2, -0.15) is 5.10 Å². The van der Waals surface area contributed by atoms with Crippen molar-refractivity contribution in [1.82, 2.24) is 14.8 Å². The van der Waals surface area contributed by atoms with Crippen molar-refractivity contribution >= 4 is 22.7 Å². The first kappa shape index (κ1) is 16.8. The van der Waals surface area contributed by atoms with Crippen molar-refractivity contribution in [3.63, 3.8) is 0 Å². The van der Waals surface area contributed by atoms with Crippen LogP contribution < -0.4 is 11.1 Å². The summed E-state index contributed by atoms with van der Waals surface area (Å²) in [5.74, 6) is -1.25. The van der Waals surface area contributed by atoms with Gasteiger partial charge < -0.3 is 9.73 Å². The number of fused-ring (bicyclic) bond motifs is 1. The first-order valence-corrected chi connectivity index (χ1v) is 8.15. The molecular weight excluding hydrogens is 351 g/mol. The minimum atomic E-state index is -0.558. The number of aromatic amines is 1. The lowest BCUT2D eigenvalue weighted by atomic mass is 10.1. The van der Waals surface area contributed by atoms with Crippen LogP contribution in [-0.4, -0.2) is 20.7 Å². The molecule has 0 aliphatic carbocycles. The Hall–Kier alpha value is -3.68. The highest BCUT2D eigenvalue weighted by molar-refractivity contribution is 6.04. The van der Waals surface area contributed by atoms with Crippen LogP contribution in [-0.2, 0) is 7.05 Å². The summed E-state index contributed by atoms with van der Waals surface area (Å²) in [4.78, 5) is 26.3. The average molecular weight is 366 g/mol. The van der Waals surface area contributed by atoms with Gasteiger partial charge in [-0.15, -0.1) is 0 Å². The number of hydrogen-bond acceptors (Lipinski definition) is 4. The van der Waals surface area contributed by atoms with Crippen LogP contribution in [0, 0.1) is 12.7 Å². The third kappa shape index (κ3) is 3.12. The van der Waals surface area contributed by atoms with Gasteiger partial charge in [0.25, 0.3) is 5.91 Å². The molecule has 0 saturated heterocycles. The largest absolute Gasteiger partial charge is 0.417 e. The molecule has 0 aliphatic rings. The monoisotopic (exact) mass is 366 g/mol. The Morgan fingerprint density at radius 1 is 1.22 bits per heavy atom. The van der Waals surface area contributed by atoms with E-state index in [-0.39, 0.29) is 11.5 Å². The fourth-order valence-electron chi connectivity index (χ4n) is 2.88. The number of aromatic nitrogens is 3. The number of benzene rings is 2. The molecule has 8 heteroatoms. The SMILES string of the molecule is Cc1cc(-c2cc(C(=O)Nc3ccc4oc(=O)[nH]c4c3)nn2C)ccc1F. The van der Waals surface area contributed by atoms with Crippen LogP contribution in [0.3, 0.4) is 0 Å². The normalized spacial score (nSPS) is 11.1. The summed E-state index contributed by atoms with van der Waals surface area (Å²) in [6.45, 7) is 1.68. The van der Waals surface area contributed by atoms with Gasteiger partial charge in [-0.1, -0.05) is 0 Å². The zero-order valence-corrected chi connectivity index (χ0v) is 14.5. The van der Waals surface area contributed by atoms with E-state index < -0.39 is 11.7 Å². The van der Waals surface area contributed by atoms with Gasteiger partial charge in [0.1, 0.15) is 5.82 Å². The standard InChI is InChI=1S/C19H15FN4O3/c1-10-7-11(3-5-13(10)20)16-9-15(23-24(16)2)18(25)21-12-4-6-17-14(8-12)22-19(26)27-17/h3-9H,1-2H3,(H,21,25)(H,22,26). The van der Waals surface area contributed by atoms with Crippen molar-refractivity contribution in [2.75, 3.05) is 5.32 Å². The molecule has 0 spiro atoms. The summed E-state index contributed by atoms with van der Waals surface area (Å²) in [5, 5.41) is 6.97. The first-order valence-electron chi connectivity index (χ1n) is 8.15. The van der Waals surface area contributed by atoms with Gasteiger partial charge in [-0.3, -0.25) is 14.5 Å². The molecule has 7 nitrogen and oxygen atoms in total. The van der Waals surface area contributed by atoms with E-state index in [1.54, 1.807) is 55.1 Å². The van der Waals surface area contributed by atoms with E-state index in [1.807, 2.05) is 0 Å². The molecule has 0 radical (unpaired) electrons. The Morgan fingerprint density at radius 2 is 2.04 bits per heavy atom. The second kappa shape index (κ2) is 6.24. The lowest BCUT2D eigenvalue weighted by Gasteiger charge is -2.03. The number of carbonyl (C=O) groups is 1. The number of oxazole rings is 1. The summed E-state index contributed by atoms with van der Waals surface area (Å²) < 4.78 is 20.0. The van der Waals surface area contributed by atoms with Crippen LogP contribution in [0.15, 0.2) is 51.7 Å². The number of carbonyl (C=O) groups excluding carboxylic acids is 1. The Kier molecular flexibility index (Phi) is 3.88. The van der Waals surface area contributed by atoms with Crippen molar-refractivity contribution in [3.05, 3.63) is 70.1 Å². The predicted octanol–water partition coefficient (Wildman–Crippen LogP) is 3.22. The molecule has 2 aromatic carbocycles. The van der Waals surface area contributed by atoms with Crippen molar-refractivity contribution in [2.45, 2.75) is 6.92 Å². The molecule has 0 fully saturated rings. The molecule has 0 aliphatic heterocycles. The van der Waals surface area contributed by atoms with Crippen LogP contribution in [0.2, 0.25) is 0 Å². The van der Waals surface area contributed by atoms with E-state index in [9.17, 15) is 14.0 Å². The van der Waals surface area contributed by atoms with E-state index in [1.165, 1.54) is 6.07 Å².